The highest BCUT2D eigenvalue weighted by molar-refractivity contribution is 5.98. The van der Waals surface area contributed by atoms with Gasteiger partial charge in [-0.1, -0.05) is 112 Å². The van der Waals surface area contributed by atoms with Crippen molar-refractivity contribution in [2.24, 2.45) is 23.7 Å². The summed E-state index contributed by atoms with van der Waals surface area (Å²) < 4.78 is 7.40. The molecule has 0 spiro atoms. The van der Waals surface area contributed by atoms with E-state index in [4.69, 9.17) is 9.57 Å². The molecular weight excluding hydrogens is 893 g/mol. The van der Waals surface area contributed by atoms with E-state index in [1.165, 1.54) is 49.9 Å². The van der Waals surface area contributed by atoms with Crippen LogP contribution in [-0.2, 0) is 44.7 Å². The molecule has 1 fully saturated rings. The van der Waals surface area contributed by atoms with Gasteiger partial charge in [-0.2, -0.15) is 9.99 Å². The van der Waals surface area contributed by atoms with E-state index in [0.717, 1.165) is 49.4 Å². The number of ether oxygens (including phenoxy) is 1. The molecule has 1 saturated heterocycles. The number of benzene rings is 1. The van der Waals surface area contributed by atoms with Crippen molar-refractivity contribution in [2.75, 3.05) is 28.3 Å². The van der Waals surface area contributed by atoms with E-state index < -0.39 is 83.8 Å². The summed E-state index contributed by atoms with van der Waals surface area (Å²) in [6, 6.07) is 2.50. The number of fused-ring (bicyclic) bond motifs is 1. The first kappa shape index (κ1) is 58.7. The van der Waals surface area contributed by atoms with E-state index in [2.05, 4.69) is 29.8 Å². The number of hydrogen-bond acceptors (Lipinski definition) is 10. The highest BCUT2D eigenvalue weighted by Gasteiger charge is 2.41. The molecule has 9 atom stereocenters. The normalized spacial score (nSPS) is 23.9. The van der Waals surface area contributed by atoms with Crippen LogP contribution in [0.4, 0.5) is 0 Å². The molecule has 0 radical (unpaired) electrons. The first-order valence-corrected chi connectivity index (χ1v) is 25.5. The van der Waals surface area contributed by atoms with Crippen LogP contribution in [0.1, 0.15) is 145 Å². The average molecular weight is 977 g/mol. The van der Waals surface area contributed by atoms with Crippen molar-refractivity contribution in [3.63, 3.8) is 0 Å². The van der Waals surface area contributed by atoms with Crippen LogP contribution in [0, 0.1) is 35.0 Å². The lowest BCUT2D eigenvalue weighted by Gasteiger charge is -2.35. The van der Waals surface area contributed by atoms with Crippen LogP contribution in [0.5, 0.6) is 0 Å². The Morgan fingerprint density at radius 3 is 1.69 bits per heavy atom. The lowest BCUT2D eigenvalue weighted by Crippen LogP contribution is -2.60. The fourth-order valence-corrected chi connectivity index (χ4v) is 9.19. The molecule has 1 aromatic carbocycles. The zero-order valence-electron chi connectivity index (χ0n) is 44.3. The number of hydrogen-bond donors (Lipinski definition) is 3. The van der Waals surface area contributed by atoms with E-state index in [9.17, 15) is 29.2 Å². The Balaban J connectivity index is 2.33. The largest absolute Gasteiger partial charge is 0.451 e. The molecule has 0 bridgehead atoms. The number of amides is 6. The summed E-state index contributed by atoms with van der Waals surface area (Å²) in [5.41, 5.74) is 1.42. The molecule has 3 N–H and O–H groups in total. The van der Waals surface area contributed by atoms with Crippen molar-refractivity contribution < 1.29 is 43.1 Å². The zero-order valence-corrected chi connectivity index (χ0v) is 44.3. The van der Waals surface area contributed by atoms with Crippen molar-refractivity contribution in [3.05, 3.63) is 36.0 Å². The predicted octanol–water partition coefficient (Wildman–Crippen LogP) is 5.95. The summed E-state index contributed by atoms with van der Waals surface area (Å²) >= 11 is 0. The van der Waals surface area contributed by atoms with Gasteiger partial charge in [0.2, 0.25) is 29.5 Å². The van der Waals surface area contributed by atoms with Crippen LogP contribution in [0.2, 0.25) is 0 Å². The van der Waals surface area contributed by atoms with E-state index >= 15 is 9.59 Å². The molecule has 3 rings (SSSR count). The molecule has 4 unspecified atom stereocenters. The number of nitrogens with zero attached hydrogens (tertiary/aromatic N) is 5. The second-order valence-electron chi connectivity index (χ2n) is 20.5. The van der Waals surface area contributed by atoms with Crippen molar-refractivity contribution in [1.29, 1.82) is 5.26 Å². The number of esters is 1. The number of rotatable bonds is 19. The number of para-hydroxylation sites is 1. The molecule has 1 aliphatic rings. The molecule has 0 aliphatic carbocycles. The Kier molecular flexibility index (Phi) is 23.7. The number of likely N-dealkylation sites (N-methyl/N-ethyl adjacent to an activating group) is 3. The quantitative estimate of drug-likeness (QED) is 0.141. The second kappa shape index (κ2) is 28.3. The zero-order chi connectivity index (χ0) is 52.4. The highest BCUT2D eigenvalue weighted by atomic mass is 16.6. The van der Waals surface area contributed by atoms with Gasteiger partial charge in [0.25, 0.3) is 5.91 Å². The first-order chi connectivity index (χ1) is 33.1. The van der Waals surface area contributed by atoms with Gasteiger partial charge in [-0.3, -0.25) is 28.8 Å². The molecule has 0 saturated carbocycles. The summed E-state index contributed by atoms with van der Waals surface area (Å²) in [5.74, 6) is -4.90. The van der Waals surface area contributed by atoms with Gasteiger partial charge in [0.15, 0.2) is 6.10 Å². The third-order valence-corrected chi connectivity index (χ3v) is 13.6. The monoisotopic (exact) mass is 977 g/mol. The van der Waals surface area contributed by atoms with Gasteiger partial charge in [0.05, 0.1) is 11.6 Å². The third kappa shape index (κ3) is 16.5. The van der Waals surface area contributed by atoms with Gasteiger partial charge in [0.1, 0.15) is 43.4 Å². The Hall–Kier alpha value is -5.66. The minimum absolute atomic E-state index is 0.00540. The lowest BCUT2D eigenvalue weighted by atomic mass is 9.94. The van der Waals surface area contributed by atoms with E-state index in [0.29, 0.717) is 5.56 Å². The minimum Gasteiger partial charge on any atom is -0.451 e. The topological polar surface area (TPSA) is 212 Å². The molecule has 1 aromatic heterocycles. The van der Waals surface area contributed by atoms with Crippen molar-refractivity contribution in [3.8, 4) is 6.07 Å². The maximum Gasteiger partial charge on any atom is 0.329 e. The van der Waals surface area contributed by atoms with Gasteiger partial charge in [0, 0.05) is 52.0 Å². The van der Waals surface area contributed by atoms with Crippen molar-refractivity contribution in [2.45, 2.75) is 188 Å². The maximum atomic E-state index is 15.1. The van der Waals surface area contributed by atoms with Crippen LogP contribution >= 0.6 is 0 Å². The fourth-order valence-electron chi connectivity index (χ4n) is 9.19. The molecular formula is C53H84N8O9. The van der Waals surface area contributed by atoms with Crippen molar-refractivity contribution in [1.82, 2.24) is 35.4 Å². The molecule has 2 aromatic rings. The molecule has 17 nitrogen and oxygen atoms in total. The lowest BCUT2D eigenvalue weighted by molar-refractivity contribution is -0.163. The summed E-state index contributed by atoms with van der Waals surface area (Å²) in [6.07, 6.45) is 5.86. The van der Waals surface area contributed by atoms with E-state index in [1.54, 1.807) is 10.9 Å². The number of cyclic esters (lactones) is 1. The number of nitrogens with one attached hydrogen (secondary N) is 3. The first-order valence-electron chi connectivity index (χ1n) is 25.5. The van der Waals surface area contributed by atoms with E-state index in [-0.39, 0.29) is 68.6 Å². The third-order valence-electron chi connectivity index (χ3n) is 13.6. The number of aromatic nitrogens is 1. The number of nitriles is 1. The van der Waals surface area contributed by atoms with E-state index in [1.807, 2.05) is 71.9 Å². The van der Waals surface area contributed by atoms with Crippen LogP contribution in [-0.4, -0.2) is 131 Å². The minimum atomic E-state index is -1.50. The molecule has 70 heavy (non-hydrogen) atoms. The molecule has 390 valence electrons. The Bertz CT molecular complexity index is 2120. The summed E-state index contributed by atoms with van der Waals surface area (Å²) in [6.45, 7) is 17.2. The van der Waals surface area contributed by atoms with Gasteiger partial charge in [-0.25, -0.2) is 4.79 Å². The van der Waals surface area contributed by atoms with Crippen LogP contribution in [0.25, 0.3) is 10.9 Å². The van der Waals surface area contributed by atoms with Gasteiger partial charge in [-0.05, 0) is 67.9 Å². The van der Waals surface area contributed by atoms with Gasteiger partial charge < -0.3 is 40.2 Å². The number of carbonyl (C=O) groups excluding carboxylic acids is 7. The molecule has 17 heteroatoms. The van der Waals surface area contributed by atoms with Crippen LogP contribution < -0.4 is 20.8 Å². The van der Waals surface area contributed by atoms with Gasteiger partial charge in [-0.15, -0.1) is 0 Å². The molecule has 1 aliphatic heterocycles. The maximum absolute atomic E-state index is 15.1. The average Bonchev–Trinajstić information content (AvgIpc) is 3.68. The Labute approximate surface area is 417 Å². The Morgan fingerprint density at radius 1 is 0.686 bits per heavy atom. The van der Waals surface area contributed by atoms with Crippen LogP contribution in [0.3, 0.4) is 0 Å². The smallest absolute Gasteiger partial charge is 0.329 e. The molecule has 2 heterocycles. The predicted molar refractivity (Wildman–Crippen MR) is 270 cm³/mol. The fraction of sp³-hybridized carbons (Fsp3) is 0.698. The SMILES string of the molecule is CCCCC(C)CC1NC(=O)C(CCC#N)OC(=O)[C@H](C)N(C)C(=O)[C@H](CC(C)CCCC)NC(=O)[C@H](Cc2cn(OC)c3ccccc23)N(C)C(=O)[C@@H](CC(C)C)NC(=O)[C@H](CC(C)C)N(C)C1=O. The summed E-state index contributed by atoms with van der Waals surface area (Å²) in [5, 5.41) is 19.2. The van der Waals surface area contributed by atoms with Crippen molar-refractivity contribution >= 4 is 52.3 Å². The highest BCUT2D eigenvalue weighted by Crippen LogP contribution is 2.26. The van der Waals surface area contributed by atoms with Gasteiger partial charge >= 0.3 is 5.97 Å². The van der Waals surface area contributed by atoms with Crippen LogP contribution in [0.15, 0.2) is 30.5 Å². The number of carbonyl (C=O) groups is 7. The number of unbranched alkanes of at least 4 members (excludes halogenated alkanes) is 2. The second-order valence-corrected chi connectivity index (χ2v) is 20.5. The standard InChI is InChI=1S/C53H84N8O9/c1-14-16-21-35(7)29-41-50(65)58(10)37(9)53(68)70-46(25-20-26-54)49(64)57-42(30-36(8)22-17-15-2)52(67)59(11)44(28-34(5)6)47(62)55-40(27-33(3)4)51(66)60(12)45(48(63)56-41)31-38-32-61(69-13)43-24-19-18-23-39(38)43/h18-19,23-24,32-37,40-42,44-46H,14-17,20-22,25,27-31H2,1-13H3,(H,55,62)(H,56,63)(H,57,64)/t35?,36?,37-,40+,41-,42?,44-,45-,46?/m0/s1. The summed E-state index contributed by atoms with van der Waals surface area (Å²) in [4.78, 5) is 112. The summed E-state index contributed by atoms with van der Waals surface area (Å²) in [7, 11) is 5.96. The molecule has 6 amide bonds. The Morgan fingerprint density at radius 2 is 1.17 bits per heavy atom.